The average Bonchev–Trinajstić information content (AvgIpc) is 2.86. The SMILES string of the molecule is CC1=CC=CC(C(=O)c2ccccc2)C1=O.CCC1C(=O)C=CC=C1C(=O)c1ccccc1. The summed E-state index contributed by atoms with van der Waals surface area (Å²) in [6, 6.07) is 18.0. The fraction of sp³-hybridized carbons (Fsp3) is 0.172. The smallest absolute Gasteiger partial charge is 0.189 e. The lowest BCUT2D eigenvalue weighted by molar-refractivity contribution is -0.117. The number of allylic oxidation sites excluding steroid dienone is 8. The molecule has 0 amide bonds. The quantitative estimate of drug-likeness (QED) is 0.455. The zero-order valence-corrected chi connectivity index (χ0v) is 18.7. The molecule has 4 heteroatoms. The fourth-order valence-corrected chi connectivity index (χ4v) is 3.76. The highest BCUT2D eigenvalue weighted by atomic mass is 16.2. The van der Waals surface area contributed by atoms with Crippen LogP contribution in [-0.2, 0) is 9.59 Å². The lowest BCUT2D eigenvalue weighted by Crippen LogP contribution is -2.24. The standard InChI is InChI=1S/C15H14O2.C14H12O2/c1-2-12-13(9-6-10-14(12)16)15(17)11-7-4-3-5-8-11;1-10-6-5-9-12(13(10)15)14(16)11-7-3-2-4-8-11/h3-10,12H,2H2,1H3;2-9,12H,1H3. The normalized spacial score (nSPS) is 19.2. The van der Waals surface area contributed by atoms with Gasteiger partial charge in [0.1, 0.15) is 5.92 Å². The molecular formula is C29H26O4. The number of hydrogen-bond donors (Lipinski definition) is 0. The molecule has 0 fully saturated rings. The molecule has 0 saturated carbocycles. The summed E-state index contributed by atoms with van der Waals surface area (Å²) in [4.78, 5) is 47.8. The first-order valence-corrected chi connectivity index (χ1v) is 10.9. The van der Waals surface area contributed by atoms with Crippen LogP contribution >= 0.6 is 0 Å². The van der Waals surface area contributed by atoms with Gasteiger partial charge in [0.2, 0.25) is 0 Å². The van der Waals surface area contributed by atoms with Gasteiger partial charge in [-0.05, 0) is 25.0 Å². The lowest BCUT2D eigenvalue weighted by atomic mass is 9.84. The maximum atomic E-state index is 12.3. The topological polar surface area (TPSA) is 68.3 Å². The van der Waals surface area contributed by atoms with Gasteiger partial charge >= 0.3 is 0 Å². The van der Waals surface area contributed by atoms with Crippen LogP contribution in [0.5, 0.6) is 0 Å². The molecule has 4 nitrogen and oxygen atoms in total. The molecule has 4 rings (SSSR count). The van der Waals surface area contributed by atoms with Gasteiger partial charge in [-0.1, -0.05) is 98.0 Å². The van der Waals surface area contributed by atoms with Gasteiger partial charge in [-0.15, -0.1) is 0 Å². The molecule has 0 aromatic heterocycles. The summed E-state index contributed by atoms with van der Waals surface area (Å²) in [5.74, 6) is -1.19. The predicted molar refractivity (Wildman–Crippen MR) is 129 cm³/mol. The summed E-state index contributed by atoms with van der Waals surface area (Å²) < 4.78 is 0. The molecule has 0 heterocycles. The summed E-state index contributed by atoms with van der Waals surface area (Å²) >= 11 is 0. The maximum Gasteiger partial charge on any atom is 0.189 e. The number of carbonyl (C=O) groups excluding carboxylic acids is 4. The van der Waals surface area contributed by atoms with Crippen LogP contribution in [0.3, 0.4) is 0 Å². The monoisotopic (exact) mass is 438 g/mol. The first-order chi connectivity index (χ1) is 15.9. The Morgan fingerprint density at radius 3 is 2.03 bits per heavy atom. The van der Waals surface area contributed by atoms with E-state index in [9.17, 15) is 19.2 Å². The molecule has 0 spiro atoms. The van der Waals surface area contributed by atoms with Crippen LogP contribution in [0.15, 0.2) is 108 Å². The van der Waals surface area contributed by atoms with Gasteiger partial charge < -0.3 is 0 Å². The lowest BCUT2D eigenvalue weighted by Gasteiger charge is -2.17. The second-order valence-corrected chi connectivity index (χ2v) is 7.85. The van der Waals surface area contributed by atoms with Crippen LogP contribution in [0.1, 0.15) is 41.0 Å². The Morgan fingerprint density at radius 2 is 1.42 bits per heavy atom. The minimum absolute atomic E-state index is 0.0225. The van der Waals surface area contributed by atoms with E-state index in [0.717, 1.165) is 0 Å². The van der Waals surface area contributed by atoms with E-state index in [2.05, 4.69) is 0 Å². The first-order valence-electron chi connectivity index (χ1n) is 10.9. The van der Waals surface area contributed by atoms with E-state index >= 15 is 0 Å². The highest BCUT2D eigenvalue weighted by Crippen LogP contribution is 2.24. The van der Waals surface area contributed by atoms with E-state index < -0.39 is 5.92 Å². The third kappa shape index (κ3) is 5.66. The van der Waals surface area contributed by atoms with Crippen LogP contribution in [0.4, 0.5) is 0 Å². The molecule has 0 radical (unpaired) electrons. The molecule has 2 unspecified atom stereocenters. The molecule has 166 valence electrons. The maximum absolute atomic E-state index is 12.3. The van der Waals surface area contributed by atoms with Crippen molar-refractivity contribution in [1.82, 2.24) is 0 Å². The summed E-state index contributed by atoms with van der Waals surface area (Å²) in [7, 11) is 0. The highest BCUT2D eigenvalue weighted by molar-refractivity contribution is 6.17. The van der Waals surface area contributed by atoms with Crippen molar-refractivity contribution in [3.63, 3.8) is 0 Å². The number of benzene rings is 2. The summed E-state index contributed by atoms with van der Waals surface area (Å²) in [5.41, 5.74) is 2.46. The Hall–Kier alpha value is -3.92. The zero-order chi connectivity index (χ0) is 23.8. The minimum atomic E-state index is -0.646. The molecule has 2 aliphatic carbocycles. The number of Topliss-reactive ketones (excluding diaryl/α,β-unsaturated/α-hetero) is 3. The van der Waals surface area contributed by atoms with Gasteiger partial charge in [-0.2, -0.15) is 0 Å². The first kappa shape index (κ1) is 23.7. The summed E-state index contributed by atoms with van der Waals surface area (Å²) in [5, 5.41) is 0. The van der Waals surface area contributed by atoms with Gasteiger partial charge in [0.25, 0.3) is 0 Å². The molecule has 0 aliphatic heterocycles. The van der Waals surface area contributed by atoms with Gasteiger partial charge in [-0.3, -0.25) is 19.2 Å². The van der Waals surface area contributed by atoms with Gasteiger partial charge in [0.05, 0.1) is 5.92 Å². The highest BCUT2D eigenvalue weighted by Gasteiger charge is 2.27. The third-order valence-electron chi connectivity index (χ3n) is 5.62. The molecule has 33 heavy (non-hydrogen) atoms. The Balaban J connectivity index is 0.000000186. The second-order valence-electron chi connectivity index (χ2n) is 7.85. The van der Waals surface area contributed by atoms with E-state index in [1.807, 2.05) is 31.2 Å². The Kier molecular flexibility index (Phi) is 7.98. The second kappa shape index (κ2) is 11.1. The molecular weight excluding hydrogens is 412 g/mol. The van der Waals surface area contributed by atoms with Gasteiger partial charge in [0.15, 0.2) is 23.1 Å². The van der Waals surface area contributed by atoms with Crippen molar-refractivity contribution < 1.29 is 19.2 Å². The zero-order valence-electron chi connectivity index (χ0n) is 18.7. The Labute approximate surface area is 194 Å². The molecule has 2 atom stereocenters. The van der Waals surface area contributed by atoms with Crippen molar-refractivity contribution in [2.75, 3.05) is 0 Å². The van der Waals surface area contributed by atoms with Crippen molar-refractivity contribution in [1.29, 1.82) is 0 Å². The molecule has 0 bridgehead atoms. The van der Waals surface area contributed by atoms with Crippen LogP contribution in [0.2, 0.25) is 0 Å². The predicted octanol–water partition coefficient (Wildman–Crippen LogP) is 5.53. The number of ketones is 4. The Morgan fingerprint density at radius 1 is 0.818 bits per heavy atom. The van der Waals surface area contributed by atoms with Crippen molar-refractivity contribution in [2.24, 2.45) is 11.8 Å². The van der Waals surface area contributed by atoms with Gasteiger partial charge in [-0.25, -0.2) is 0 Å². The third-order valence-corrected chi connectivity index (χ3v) is 5.62. The Bertz CT molecular complexity index is 1160. The minimum Gasteiger partial charge on any atom is -0.294 e. The van der Waals surface area contributed by atoms with Crippen molar-refractivity contribution >= 4 is 23.1 Å². The van der Waals surface area contributed by atoms with Crippen LogP contribution in [0, 0.1) is 11.8 Å². The number of rotatable bonds is 5. The van der Waals surface area contributed by atoms with Gasteiger partial charge in [0, 0.05) is 16.7 Å². The van der Waals surface area contributed by atoms with Crippen molar-refractivity contribution in [2.45, 2.75) is 20.3 Å². The van der Waals surface area contributed by atoms with Crippen molar-refractivity contribution in [3.05, 3.63) is 119 Å². The summed E-state index contributed by atoms with van der Waals surface area (Å²) in [6.45, 7) is 3.66. The largest absolute Gasteiger partial charge is 0.294 e. The van der Waals surface area contributed by atoms with E-state index in [0.29, 0.717) is 28.7 Å². The average molecular weight is 439 g/mol. The van der Waals surface area contributed by atoms with Crippen LogP contribution in [-0.4, -0.2) is 23.1 Å². The number of carbonyl (C=O) groups is 4. The van der Waals surface area contributed by atoms with E-state index in [4.69, 9.17) is 0 Å². The van der Waals surface area contributed by atoms with E-state index in [1.54, 1.807) is 73.7 Å². The fourth-order valence-electron chi connectivity index (χ4n) is 3.76. The van der Waals surface area contributed by atoms with E-state index in [-0.39, 0.29) is 29.1 Å². The van der Waals surface area contributed by atoms with Crippen LogP contribution < -0.4 is 0 Å². The van der Waals surface area contributed by atoms with Crippen molar-refractivity contribution in [3.8, 4) is 0 Å². The molecule has 2 aromatic rings. The molecule has 2 aliphatic rings. The van der Waals surface area contributed by atoms with E-state index in [1.165, 1.54) is 6.08 Å². The number of hydrogen-bond acceptors (Lipinski definition) is 4. The molecule has 0 N–H and O–H groups in total. The van der Waals surface area contributed by atoms with Crippen LogP contribution in [0.25, 0.3) is 0 Å². The molecule has 2 aromatic carbocycles. The molecule has 0 saturated heterocycles. The summed E-state index contributed by atoms with van der Waals surface area (Å²) in [6.07, 6.45) is 10.8.